The van der Waals surface area contributed by atoms with Crippen molar-refractivity contribution in [3.63, 3.8) is 0 Å². The highest BCUT2D eigenvalue weighted by atomic mass is 127. The van der Waals surface area contributed by atoms with Crippen LogP contribution in [-0.2, 0) is 9.53 Å². The zero-order valence-electron chi connectivity index (χ0n) is 18.7. The van der Waals surface area contributed by atoms with Gasteiger partial charge in [0.05, 0.1) is 35.6 Å². The lowest BCUT2D eigenvalue weighted by atomic mass is 10.1. The number of alkyl halides is 2. The van der Waals surface area contributed by atoms with Crippen LogP contribution >= 0.6 is 28.4 Å². The Labute approximate surface area is 214 Å². The van der Waals surface area contributed by atoms with Gasteiger partial charge in [0.15, 0.2) is 5.82 Å². The number of halogens is 3. The van der Waals surface area contributed by atoms with Crippen molar-refractivity contribution in [1.82, 2.24) is 19.5 Å². The number of carbonyl (C=O) groups is 1. The number of amides is 1. The van der Waals surface area contributed by atoms with Crippen molar-refractivity contribution in [3.05, 3.63) is 36.4 Å². The molecule has 12 heteroatoms. The van der Waals surface area contributed by atoms with Crippen LogP contribution in [0.3, 0.4) is 0 Å². The number of imidazole rings is 1. The second-order valence-electron chi connectivity index (χ2n) is 9.00. The second-order valence-corrected chi connectivity index (χ2v) is 11.0. The molecule has 1 amide bonds. The van der Waals surface area contributed by atoms with Crippen LogP contribution in [0.4, 0.5) is 20.2 Å². The van der Waals surface area contributed by atoms with Crippen LogP contribution in [0.5, 0.6) is 0 Å². The molecule has 1 saturated heterocycles. The summed E-state index contributed by atoms with van der Waals surface area (Å²) in [6.07, 6.45) is 0.141. The van der Waals surface area contributed by atoms with Gasteiger partial charge in [0.25, 0.3) is 5.92 Å². The average molecular weight is 610 g/mol. The lowest BCUT2D eigenvalue weighted by Gasteiger charge is -2.32. The number of nitrogens with one attached hydrogen (secondary N) is 2. The maximum Gasteiger partial charge on any atom is 0.260 e. The van der Waals surface area contributed by atoms with Crippen molar-refractivity contribution in [2.45, 2.75) is 25.4 Å². The van der Waals surface area contributed by atoms with Gasteiger partial charge in [-0.05, 0) is 65.4 Å². The zero-order valence-corrected chi connectivity index (χ0v) is 21.8. The van der Waals surface area contributed by atoms with Crippen molar-refractivity contribution < 1.29 is 18.3 Å². The molecule has 1 aliphatic heterocycles. The molecule has 1 aliphatic carbocycles. The van der Waals surface area contributed by atoms with Crippen molar-refractivity contribution in [2.24, 2.45) is 5.92 Å². The molecule has 2 fully saturated rings. The molecule has 3 unspecified atom stereocenters. The van der Waals surface area contributed by atoms with Gasteiger partial charge in [-0.3, -0.25) is 4.79 Å². The third-order valence-corrected chi connectivity index (χ3v) is 8.34. The summed E-state index contributed by atoms with van der Waals surface area (Å²) in [5.74, 6) is -4.20. The van der Waals surface area contributed by atoms with Crippen LogP contribution in [0.1, 0.15) is 13.3 Å². The van der Waals surface area contributed by atoms with Crippen LogP contribution in [0.15, 0.2) is 36.4 Å². The van der Waals surface area contributed by atoms with Gasteiger partial charge in [-0.15, -0.1) is 0 Å². The average Bonchev–Trinajstić information content (AvgIpc) is 3.17. The lowest BCUT2D eigenvalue weighted by Crippen LogP contribution is -2.41. The van der Waals surface area contributed by atoms with E-state index in [2.05, 4.69) is 56.3 Å². The molecule has 2 aromatic carbocycles. The van der Waals surface area contributed by atoms with Gasteiger partial charge in [0.2, 0.25) is 5.91 Å². The highest BCUT2D eigenvalue weighted by Crippen LogP contribution is 2.49. The molecular formula is C23H22F2IN6O2P. The molecular weight excluding hydrogens is 588 g/mol. The van der Waals surface area contributed by atoms with E-state index in [0.29, 0.717) is 30.2 Å². The van der Waals surface area contributed by atoms with Gasteiger partial charge in [0.1, 0.15) is 11.6 Å². The van der Waals surface area contributed by atoms with E-state index in [0.717, 1.165) is 40.7 Å². The fourth-order valence-corrected chi connectivity index (χ4v) is 6.05. The van der Waals surface area contributed by atoms with Crippen LogP contribution in [0, 0.1) is 5.92 Å². The smallest absolute Gasteiger partial charge is 0.260 e. The number of benzene rings is 2. The number of H-pyrrole nitrogens is 1. The molecule has 2 N–H and O–H groups in total. The van der Waals surface area contributed by atoms with Gasteiger partial charge in [-0.1, -0.05) is 0 Å². The normalized spacial score (nSPS) is 21.9. The van der Waals surface area contributed by atoms with Gasteiger partial charge in [0, 0.05) is 36.3 Å². The SMILES string of the molecule is CC1CN(c2ccc3nc(-c4nn(PI)c5ccc(NC(=O)C6CC6(F)F)cc45)[nH]c3c2)CCO1. The van der Waals surface area contributed by atoms with Crippen molar-refractivity contribution in [1.29, 1.82) is 0 Å². The number of aromatic amines is 1. The quantitative estimate of drug-likeness (QED) is 0.240. The standard InChI is InChI=1S/C23H22F2IN6O2P/c1-12-11-31(6-7-34-12)14-3-4-17-18(9-14)29-21(28-17)20-15-8-13(2-5-19(15)32(30-20)35-26)27-22(33)16-10-23(16,24)25/h2-5,8-9,12,16,35H,6-7,10-11H2,1H3,(H,27,33)(H,28,29). The van der Waals surface area contributed by atoms with Crippen LogP contribution in [0.2, 0.25) is 0 Å². The Morgan fingerprint density at radius 1 is 1.31 bits per heavy atom. The van der Waals surface area contributed by atoms with Crippen molar-refractivity contribution >= 4 is 67.6 Å². The Kier molecular flexibility index (Phi) is 5.69. The fraction of sp³-hybridized carbons (Fsp3) is 0.348. The monoisotopic (exact) mass is 610 g/mol. The van der Waals surface area contributed by atoms with E-state index in [9.17, 15) is 13.6 Å². The highest BCUT2D eigenvalue weighted by Gasteiger charge is 2.61. The van der Waals surface area contributed by atoms with Crippen molar-refractivity contribution in [2.75, 3.05) is 29.9 Å². The molecule has 0 spiro atoms. The fourth-order valence-electron chi connectivity index (χ4n) is 4.52. The van der Waals surface area contributed by atoms with Gasteiger partial charge >= 0.3 is 0 Å². The summed E-state index contributed by atoms with van der Waals surface area (Å²) in [6.45, 7) is 4.44. The zero-order chi connectivity index (χ0) is 24.3. The van der Waals surface area contributed by atoms with E-state index >= 15 is 0 Å². The Morgan fingerprint density at radius 2 is 2.14 bits per heavy atom. The molecule has 35 heavy (non-hydrogen) atoms. The highest BCUT2D eigenvalue weighted by molar-refractivity contribution is 14.2. The first kappa shape index (κ1) is 23.1. The first-order valence-corrected chi connectivity index (χ1v) is 15.3. The molecule has 3 heterocycles. The number of morpholine rings is 1. The predicted octanol–water partition coefficient (Wildman–Crippen LogP) is 5.19. The van der Waals surface area contributed by atoms with E-state index in [1.54, 1.807) is 12.1 Å². The van der Waals surface area contributed by atoms with Gasteiger partial charge in [-0.2, -0.15) is 5.10 Å². The minimum absolute atomic E-state index is 0.182. The topological polar surface area (TPSA) is 88.1 Å². The van der Waals surface area contributed by atoms with E-state index in [1.807, 2.05) is 16.6 Å². The third kappa shape index (κ3) is 4.27. The van der Waals surface area contributed by atoms with E-state index in [1.165, 1.54) is 0 Å². The number of hydrogen-bond acceptors (Lipinski definition) is 5. The van der Waals surface area contributed by atoms with Crippen LogP contribution in [-0.4, -0.2) is 57.1 Å². The summed E-state index contributed by atoms with van der Waals surface area (Å²) in [6, 6.07) is 11.5. The summed E-state index contributed by atoms with van der Waals surface area (Å²) >= 11 is 2.26. The number of rotatable bonds is 5. The Bertz CT molecular complexity index is 1460. The second kappa shape index (κ2) is 8.63. The van der Waals surface area contributed by atoms with E-state index in [-0.39, 0.29) is 6.10 Å². The van der Waals surface area contributed by atoms with E-state index < -0.39 is 24.2 Å². The Balaban J connectivity index is 1.35. The number of ether oxygens (including phenoxy) is 1. The molecule has 3 atom stereocenters. The Hall–Kier alpha value is -2.37. The first-order valence-electron chi connectivity index (χ1n) is 11.3. The maximum absolute atomic E-state index is 13.3. The molecule has 182 valence electrons. The number of nitrogens with zero attached hydrogens (tertiary/aromatic N) is 4. The number of aromatic nitrogens is 4. The number of anilines is 2. The molecule has 2 aromatic heterocycles. The summed E-state index contributed by atoms with van der Waals surface area (Å²) < 4.78 is 34.2. The van der Waals surface area contributed by atoms with Gasteiger partial charge in [-0.25, -0.2) is 18.2 Å². The largest absolute Gasteiger partial charge is 0.375 e. The molecule has 2 aliphatic rings. The Morgan fingerprint density at radius 3 is 2.89 bits per heavy atom. The lowest BCUT2D eigenvalue weighted by molar-refractivity contribution is -0.119. The summed E-state index contributed by atoms with van der Waals surface area (Å²) in [4.78, 5) is 22.7. The summed E-state index contributed by atoms with van der Waals surface area (Å²) in [5, 5.41) is 8.17. The third-order valence-electron chi connectivity index (χ3n) is 6.47. The van der Waals surface area contributed by atoms with Crippen molar-refractivity contribution in [3.8, 4) is 11.5 Å². The summed E-state index contributed by atoms with van der Waals surface area (Å²) in [5.41, 5.74) is 4.82. The number of fused-ring (bicyclic) bond motifs is 2. The molecule has 0 bridgehead atoms. The number of hydrogen-bond donors (Lipinski definition) is 2. The molecule has 8 nitrogen and oxygen atoms in total. The maximum atomic E-state index is 13.3. The molecule has 6 rings (SSSR count). The number of carbonyl (C=O) groups excluding carboxylic acids is 1. The van der Waals surface area contributed by atoms with Crippen LogP contribution in [0.25, 0.3) is 33.5 Å². The summed E-state index contributed by atoms with van der Waals surface area (Å²) in [7, 11) is 0. The minimum atomic E-state index is -2.90. The van der Waals surface area contributed by atoms with Gasteiger partial charge < -0.3 is 19.9 Å². The first-order chi connectivity index (χ1) is 16.8. The van der Waals surface area contributed by atoms with E-state index in [4.69, 9.17) is 14.8 Å². The molecule has 4 aromatic rings. The molecule has 1 saturated carbocycles. The minimum Gasteiger partial charge on any atom is -0.375 e. The predicted molar refractivity (Wildman–Crippen MR) is 142 cm³/mol. The van der Waals surface area contributed by atoms with Crippen LogP contribution < -0.4 is 10.2 Å². The molecule has 0 radical (unpaired) electrons.